The molecule has 3 aromatic carbocycles. The molecule has 274 valence electrons. The number of benzene rings is 3. The molecule has 0 bridgehead atoms. The van der Waals surface area contributed by atoms with Crippen LogP contribution in [0.5, 0.6) is 5.75 Å². The molecule has 2 aliphatic heterocycles. The molecule has 1 aliphatic carbocycles. The fourth-order valence-corrected chi connectivity index (χ4v) is 6.89. The van der Waals surface area contributed by atoms with Crippen LogP contribution in [-0.2, 0) is 11.3 Å². The van der Waals surface area contributed by atoms with Gasteiger partial charge in [0.05, 0.1) is 25.9 Å². The largest absolute Gasteiger partial charge is 0.494 e. The molecule has 13 heteroatoms. The van der Waals surface area contributed by atoms with Crippen LogP contribution in [0.25, 0.3) is 11.1 Å². The number of hydrogen-bond donors (Lipinski definition) is 6. The van der Waals surface area contributed by atoms with Crippen LogP contribution in [0.3, 0.4) is 0 Å². The molecule has 4 atom stereocenters. The van der Waals surface area contributed by atoms with Gasteiger partial charge in [-0.2, -0.15) is 0 Å². The molecule has 2 saturated heterocycles. The van der Waals surface area contributed by atoms with Crippen LogP contribution in [0.1, 0.15) is 60.0 Å². The zero-order valence-electron chi connectivity index (χ0n) is 28.6. The maximum atomic E-state index is 13.7. The zero-order valence-corrected chi connectivity index (χ0v) is 28.6. The third-order valence-corrected chi connectivity index (χ3v) is 10.1. The van der Waals surface area contributed by atoms with Gasteiger partial charge in [-0.05, 0) is 90.9 Å². The van der Waals surface area contributed by atoms with E-state index in [4.69, 9.17) is 14.6 Å². The summed E-state index contributed by atoms with van der Waals surface area (Å²) in [5, 5.41) is 50.7. The summed E-state index contributed by atoms with van der Waals surface area (Å²) in [6.07, 6.45) is -3.70. The summed E-state index contributed by atoms with van der Waals surface area (Å²) in [6.45, 7) is 3.78. The van der Waals surface area contributed by atoms with Gasteiger partial charge in [-0.25, -0.2) is 9.18 Å². The highest BCUT2D eigenvalue weighted by molar-refractivity contribution is 5.96. The Hall–Kier alpha value is -4.11. The molecular formula is C38H46FN3O9. The molecule has 2 amide bonds. The van der Waals surface area contributed by atoms with Gasteiger partial charge in [0.15, 0.2) is 0 Å². The number of likely N-dealkylation sites (tertiary alicyclic amines) is 1. The van der Waals surface area contributed by atoms with E-state index < -0.39 is 55.2 Å². The molecule has 3 aliphatic rings. The number of nitrogens with zero attached hydrogens (tertiary/aromatic N) is 2. The van der Waals surface area contributed by atoms with Gasteiger partial charge in [0.25, 0.3) is 5.91 Å². The van der Waals surface area contributed by atoms with Crippen LogP contribution in [-0.4, -0.2) is 112 Å². The second kappa shape index (κ2) is 15.6. The highest BCUT2D eigenvalue weighted by Crippen LogP contribution is 2.47. The van der Waals surface area contributed by atoms with E-state index in [-0.39, 0.29) is 11.4 Å². The Labute approximate surface area is 296 Å². The van der Waals surface area contributed by atoms with Gasteiger partial charge in [0.2, 0.25) is 0 Å². The van der Waals surface area contributed by atoms with Crippen molar-refractivity contribution in [3.63, 3.8) is 0 Å². The van der Waals surface area contributed by atoms with Crippen molar-refractivity contribution in [1.29, 1.82) is 0 Å². The van der Waals surface area contributed by atoms with Gasteiger partial charge in [0.1, 0.15) is 35.5 Å². The predicted octanol–water partition coefficient (Wildman–Crippen LogP) is 2.93. The van der Waals surface area contributed by atoms with Crippen molar-refractivity contribution in [3.05, 3.63) is 83.2 Å². The average molecular weight is 708 g/mol. The number of anilines is 1. The second-order valence-electron chi connectivity index (χ2n) is 13.7. The molecule has 2 heterocycles. The normalized spacial score (nSPS) is 19.7. The van der Waals surface area contributed by atoms with Crippen LogP contribution in [0, 0.1) is 5.82 Å². The summed E-state index contributed by atoms with van der Waals surface area (Å²) < 4.78 is 25.8. The first kappa shape index (κ1) is 36.7. The van der Waals surface area contributed by atoms with Crippen LogP contribution in [0.15, 0.2) is 60.7 Å². The lowest BCUT2D eigenvalue weighted by Gasteiger charge is -2.37. The Morgan fingerprint density at radius 3 is 2.29 bits per heavy atom. The number of amides is 2. The zero-order chi connectivity index (χ0) is 36.3. The number of halogens is 1. The molecule has 51 heavy (non-hydrogen) atoms. The highest BCUT2D eigenvalue weighted by atomic mass is 19.1. The number of carbonyl (C=O) groups is 2. The topological polar surface area (TPSA) is 172 Å². The lowest BCUT2D eigenvalue weighted by atomic mass is 9.90. The molecule has 3 fully saturated rings. The highest BCUT2D eigenvalue weighted by Gasteiger charge is 2.47. The molecule has 0 aromatic heterocycles. The maximum absolute atomic E-state index is 13.7. The van der Waals surface area contributed by atoms with E-state index in [1.165, 1.54) is 29.8 Å². The van der Waals surface area contributed by atoms with E-state index in [2.05, 4.69) is 22.3 Å². The summed E-state index contributed by atoms with van der Waals surface area (Å²) in [7, 11) is 0. The molecule has 1 spiro atoms. The van der Waals surface area contributed by atoms with Crippen molar-refractivity contribution in [2.24, 2.45) is 0 Å². The molecule has 3 aromatic rings. The number of aliphatic hydroxyl groups is 5. The van der Waals surface area contributed by atoms with Crippen molar-refractivity contribution in [3.8, 4) is 16.9 Å². The Balaban J connectivity index is 1.05. The number of carbonyl (C=O) groups excluding carboxylic acids is 2. The average Bonchev–Trinajstić information content (AvgIpc) is 3.94. The van der Waals surface area contributed by atoms with Crippen molar-refractivity contribution >= 4 is 17.7 Å². The van der Waals surface area contributed by atoms with Crippen molar-refractivity contribution < 1.29 is 49.0 Å². The first-order valence-electron chi connectivity index (χ1n) is 17.5. The minimum absolute atomic E-state index is 0.244. The molecule has 1 saturated carbocycles. The number of aliphatic hydroxyl groups excluding tert-OH is 5. The third kappa shape index (κ3) is 8.35. The lowest BCUT2D eigenvalue weighted by molar-refractivity contribution is -0.113. The van der Waals surface area contributed by atoms with Crippen LogP contribution in [0.4, 0.5) is 14.9 Å². The Bertz CT molecular complexity index is 1680. The van der Waals surface area contributed by atoms with Gasteiger partial charge in [-0.15, -0.1) is 0 Å². The second-order valence-corrected chi connectivity index (χ2v) is 13.7. The number of piperidine rings is 1. The predicted molar refractivity (Wildman–Crippen MR) is 186 cm³/mol. The fourth-order valence-electron chi connectivity index (χ4n) is 6.89. The minimum atomic E-state index is -1.79. The Kier molecular flexibility index (Phi) is 11.2. The molecule has 12 nitrogen and oxygen atoms in total. The number of ether oxygens (including phenoxy) is 2. The molecule has 0 radical (unpaired) electrons. The monoisotopic (exact) mass is 707 g/mol. The standard InChI is InChI=1S/C38H46FN3O9/c1-2-50-33-18-30(24-5-9-27(39)10-6-24)29(23-3-4-23)17-26(33)20-41-15-13-38(14-16-41)22-42(37(49)51-38)28-11-7-25(8-12-28)36(48)40-19-31(44)34(46)35(47)32(45)21-43/h5-12,17-18,23,31-32,34-35,43-47H,2-4,13-16,19-22H2,1H3,(H,40,48). The van der Waals surface area contributed by atoms with Crippen LogP contribution < -0.4 is 15.0 Å². The van der Waals surface area contributed by atoms with Gasteiger partial charge in [-0.3, -0.25) is 14.6 Å². The molecular weight excluding hydrogens is 661 g/mol. The van der Waals surface area contributed by atoms with Crippen LogP contribution >= 0.6 is 0 Å². The van der Waals surface area contributed by atoms with Gasteiger partial charge in [0, 0.05) is 55.8 Å². The molecule has 4 unspecified atom stereocenters. The van der Waals surface area contributed by atoms with E-state index in [0.717, 1.165) is 48.4 Å². The summed E-state index contributed by atoms with van der Waals surface area (Å²) in [5.74, 6) is 0.485. The van der Waals surface area contributed by atoms with E-state index in [1.54, 1.807) is 17.0 Å². The lowest BCUT2D eigenvalue weighted by Crippen LogP contribution is -2.49. The fraction of sp³-hybridized carbons (Fsp3) is 0.474. The van der Waals surface area contributed by atoms with E-state index >= 15 is 0 Å². The number of rotatable bonds is 14. The van der Waals surface area contributed by atoms with Crippen molar-refractivity contribution in [1.82, 2.24) is 10.2 Å². The van der Waals surface area contributed by atoms with E-state index in [9.17, 15) is 34.4 Å². The van der Waals surface area contributed by atoms with Crippen molar-refractivity contribution in [2.45, 2.75) is 75.1 Å². The number of hydrogen-bond acceptors (Lipinski definition) is 10. The first-order chi connectivity index (χ1) is 24.5. The van der Waals surface area contributed by atoms with Gasteiger partial charge >= 0.3 is 6.09 Å². The maximum Gasteiger partial charge on any atom is 0.415 e. The van der Waals surface area contributed by atoms with E-state index in [0.29, 0.717) is 44.1 Å². The smallest absolute Gasteiger partial charge is 0.415 e. The SMILES string of the molecule is CCOc1cc(-c2ccc(F)cc2)c(C2CC2)cc1CN1CCC2(CC1)CN(c1ccc(C(=O)NCC(O)C(O)C(O)C(O)CO)cc1)C(=O)O2. The Morgan fingerprint density at radius 2 is 1.67 bits per heavy atom. The minimum Gasteiger partial charge on any atom is -0.494 e. The quantitative estimate of drug-likeness (QED) is 0.146. The van der Waals surface area contributed by atoms with Gasteiger partial charge < -0.3 is 40.3 Å². The summed E-state index contributed by atoms with van der Waals surface area (Å²) in [5.41, 5.74) is 4.61. The molecule has 6 N–H and O–H groups in total. The van der Waals surface area contributed by atoms with E-state index in [1.807, 2.05) is 19.1 Å². The van der Waals surface area contributed by atoms with Gasteiger partial charge in [-0.1, -0.05) is 12.1 Å². The molecule has 6 rings (SSSR count). The Morgan fingerprint density at radius 1 is 1.00 bits per heavy atom. The number of nitrogens with one attached hydrogen (secondary N) is 1. The summed E-state index contributed by atoms with van der Waals surface area (Å²) in [4.78, 5) is 29.6. The van der Waals surface area contributed by atoms with Crippen LogP contribution in [0.2, 0.25) is 0 Å². The van der Waals surface area contributed by atoms with Crippen molar-refractivity contribution in [2.75, 3.05) is 44.3 Å². The summed E-state index contributed by atoms with van der Waals surface area (Å²) in [6, 6.07) is 17.3. The third-order valence-electron chi connectivity index (χ3n) is 10.1. The summed E-state index contributed by atoms with van der Waals surface area (Å²) >= 11 is 0. The first-order valence-corrected chi connectivity index (χ1v) is 17.5.